The number of carbonyl (C=O) groups excluding carboxylic acids is 1. The molecule has 0 radical (unpaired) electrons. The van der Waals surface area contributed by atoms with Crippen LogP contribution in [0.4, 0.5) is 17.6 Å². The number of carbonyl (C=O) groups is 1. The average molecular weight is 395 g/mol. The van der Waals surface area contributed by atoms with Gasteiger partial charge in [-0.25, -0.2) is 4.98 Å². The summed E-state index contributed by atoms with van der Waals surface area (Å²) in [4.78, 5) is 23.0. The number of amides is 1. The molecule has 1 aliphatic rings. The molecule has 1 saturated heterocycles. The zero-order valence-corrected chi connectivity index (χ0v) is 15.9. The van der Waals surface area contributed by atoms with Gasteiger partial charge in [0.05, 0.1) is 26.0 Å². The second kappa shape index (κ2) is 8.15. The number of pyridine rings is 1. The molecule has 3 aromatic rings. The van der Waals surface area contributed by atoms with Gasteiger partial charge in [0.15, 0.2) is 5.82 Å². The van der Waals surface area contributed by atoms with Gasteiger partial charge in [0.2, 0.25) is 11.9 Å². The highest BCUT2D eigenvalue weighted by atomic mass is 16.5. The van der Waals surface area contributed by atoms with Crippen LogP contribution in [0.3, 0.4) is 0 Å². The summed E-state index contributed by atoms with van der Waals surface area (Å²) in [7, 11) is 1.55. The minimum atomic E-state index is -0.0644. The summed E-state index contributed by atoms with van der Waals surface area (Å²) >= 11 is 0. The highest BCUT2D eigenvalue weighted by molar-refractivity contribution is 5.96. The fourth-order valence-corrected chi connectivity index (χ4v) is 3.03. The molecule has 1 aliphatic heterocycles. The third kappa shape index (κ3) is 3.97. The topological polar surface area (TPSA) is 120 Å². The minimum Gasteiger partial charge on any atom is -0.495 e. The smallest absolute Gasteiger partial charge is 0.254 e. The summed E-state index contributed by atoms with van der Waals surface area (Å²) in [6, 6.07) is 10.6. The molecule has 150 valence electrons. The van der Waals surface area contributed by atoms with Crippen molar-refractivity contribution in [3.63, 3.8) is 0 Å². The van der Waals surface area contributed by atoms with E-state index in [2.05, 4.69) is 20.4 Å². The number of hydrogen-bond donors (Lipinski definition) is 2. The van der Waals surface area contributed by atoms with Gasteiger partial charge in [0.1, 0.15) is 5.75 Å². The average Bonchev–Trinajstić information content (AvgIpc) is 3.14. The van der Waals surface area contributed by atoms with Crippen molar-refractivity contribution in [1.29, 1.82) is 0 Å². The van der Waals surface area contributed by atoms with Crippen LogP contribution in [0.25, 0.3) is 5.82 Å². The number of ether oxygens (including phenoxy) is 2. The first-order chi connectivity index (χ1) is 14.2. The Morgan fingerprint density at radius 1 is 1.24 bits per heavy atom. The van der Waals surface area contributed by atoms with Crippen LogP contribution in [0.15, 0.2) is 42.6 Å². The maximum atomic E-state index is 12.8. The zero-order chi connectivity index (χ0) is 20.2. The van der Waals surface area contributed by atoms with Crippen molar-refractivity contribution in [3.8, 4) is 11.6 Å². The van der Waals surface area contributed by atoms with E-state index in [4.69, 9.17) is 15.2 Å². The van der Waals surface area contributed by atoms with Crippen molar-refractivity contribution < 1.29 is 14.3 Å². The van der Waals surface area contributed by atoms with Gasteiger partial charge in [-0.05, 0) is 30.3 Å². The van der Waals surface area contributed by atoms with Crippen LogP contribution in [-0.4, -0.2) is 64.0 Å². The number of aromatic nitrogens is 4. The van der Waals surface area contributed by atoms with Gasteiger partial charge >= 0.3 is 0 Å². The number of benzene rings is 1. The second-order valence-corrected chi connectivity index (χ2v) is 6.34. The predicted octanol–water partition coefficient (Wildman–Crippen LogP) is 1.47. The lowest BCUT2D eigenvalue weighted by molar-refractivity contribution is 0.0303. The van der Waals surface area contributed by atoms with Crippen molar-refractivity contribution in [2.75, 3.05) is 44.5 Å². The molecule has 1 fully saturated rings. The molecule has 3 heterocycles. The van der Waals surface area contributed by atoms with Crippen molar-refractivity contribution in [2.45, 2.75) is 0 Å². The summed E-state index contributed by atoms with van der Waals surface area (Å²) < 4.78 is 12.1. The Bertz CT molecular complexity index is 1000. The molecule has 2 aromatic heterocycles. The van der Waals surface area contributed by atoms with E-state index in [0.717, 1.165) is 0 Å². The van der Waals surface area contributed by atoms with E-state index in [1.807, 2.05) is 6.07 Å². The summed E-state index contributed by atoms with van der Waals surface area (Å²) in [5.41, 5.74) is 7.07. The fraction of sp³-hybridized carbons (Fsp3) is 0.263. The maximum Gasteiger partial charge on any atom is 0.254 e. The molecule has 0 spiro atoms. The summed E-state index contributed by atoms with van der Waals surface area (Å²) in [5, 5.41) is 7.44. The first-order valence-corrected chi connectivity index (χ1v) is 9.12. The molecule has 3 N–H and O–H groups in total. The van der Waals surface area contributed by atoms with Gasteiger partial charge in [-0.3, -0.25) is 4.79 Å². The van der Waals surface area contributed by atoms with E-state index in [1.54, 1.807) is 48.5 Å². The lowest BCUT2D eigenvalue weighted by atomic mass is 10.1. The highest BCUT2D eigenvalue weighted by Crippen LogP contribution is 2.29. The van der Waals surface area contributed by atoms with Gasteiger partial charge in [0, 0.05) is 24.8 Å². The molecule has 0 aliphatic carbocycles. The molecule has 1 amide bonds. The molecule has 0 atom stereocenters. The zero-order valence-electron chi connectivity index (χ0n) is 15.9. The van der Waals surface area contributed by atoms with E-state index in [0.29, 0.717) is 49.1 Å². The number of morpholine rings is 1. The molecule has 10 heteroatoms. The third-order valence-corrected chi connectivity index (χ3v) is 4.49. The van der Waals surface area contributed by atoms with Crippen molar-refractivity contribution >= 4 is 23.5 Å². The minimum absolute atomic E-state index is 0.0644. The molecule has 0 bridgehead atoms. The van der Waals surface area contributed by atoms with Crippen molar-refractivity contribution in [1.82, 2.24) is 24.6 Å². The monoisotopic (exact) mass is 395 g/mol. The van der Waals surface area contributed by atoms with Gasteiger partial charge in [-0.2, -0.15) is 9.67 Å². The quantitative estimate of drug-likeness (QED) is 0.666. The van der Waals surface area contributed by atoms with Crippen LogP contribution in [-0.2, 0) is 4.74 Å². The molecule has 4 rings (SSSR count). The van der Waals surface area contributed by atoms with E-state index in [9.17, 15) is 4.79 Å². The maximum absolute atomic E-state index is 12.8. The Labute approximate surface area is 167 Å². The second-order valence-electron chi connectivity index (χ2n) is 6.34. The van der Waals surface area contributed by atoms with Gasteiger partial charge in [-0.15, -0.1) is 5.10 Å². The largest absolute Gasteiger partial charge is 0.495 e. The molecule has 29 heavy (non-hydrogen) atoms. The number of nitrogen functional groups attached to an aromatic ring is 1. The van der Waals surface area contributed by atoms with Crippen LogP contribution in [0.5, 0.6) is 5.75 Å². The standard InChI is InChI=1S/C19H21N7O3/c1-28-15-6-5-13(17(27)25-8-10-29-11-9-25)12-14(15)22-19-23-18(20)26(24-19)16-4-2-3-7-21-16/h2-7,12H,8-11H2,1H3,(H3,20,22,23,24). The van der Waals surface area contributed by atoms with E-state index >= 15 is 0 Å². The molecule has 0 saturated carbocycles. The van der Waals surface area contributed by atoms with E-state index in [1.165, 1.54) is 4.68 Å². The Kier molecular flexibility index (Phi) is 5.25. The van der Waals surface area contributed by atoms with Crippen molar-refractivity contribution in [2.24, 2.45) is 0 Å². The van der Waals surface area contributed by atoms with Gasteiger partial charge in [0.25, 0.3) is 5.91 Å². The summed E-state index contributed by atoms with van der Waals surface area (Å²) in [6.45, 7) is 2.22. The normalized spacial score (nSPS) is 13.9. The number of nitrogens with one attached hydrogen (secondary N) is 1. The lowest BCUT2D eigenvalue weighted by Crippen LogP contribution is -2.40. The number of rotatable bonds is 5. The number of nitrogens with zero attached hydrogens (tertiary/aromatic N) is 5. The van der Waals surface area contributed by atoms with Crippen LogP contribution in [0.2, 0.25) is 0 Å². The number of hydrogen-bond acceptors (Lipinski definition) is 8. The lowest BCUT2D eigenvalue weighted by Gasteiger charge is -2.27. The molecule has 1 aromatic carbocycles. The highest BCUT2D eigenvalue weighted by Gasteiger charge is 2.20. The third-order valence-electron chi connectivity index (χ3n) is 4.49. The van der Waals surface area contributed by atoms with Crippen molar-refractivity contribution in [3.05, 3.63) is 48.2 Å². The Hall–Kier alpha value is -3.66. The predicted molar refractivity (Wildman–Crippen MR) is 107 cm³/mol. The SMILES string of the molecule is COc1ccc(C(=O)N2CCOCC2)cc1Nc1nc(N)n(-c2ccccn2)n1. The Balaban J connectivity index is 1.60. The molecule has 0 unspecified atom stereocenters. The first kappa shape index (κ1) is 18.7. The number of nitrogens with two attached hydrogens (primary N) is 1. The molecular weight excluding hydrogens is 374 g/mol. The van der Waals surface area contributed by atoms with Crippen LogP contribution in [0, 0.1) is 0 Å². The first-order valence-electron chi connectivity index (χ1n) is 9.12. The van der Waals surface area contributed by atoms with E-state index in [-0.39, 0.29) is 17.8 Å². The van der Waals surface area contributed by atoms with Gasteiger partial charge < -0.3 is 25.4 Å². The number of anilines is 3. The fourth-order valence-electron chi connectivity index (χ4n) is 3.03. The van der Waals surface area contributed by atoms with Crippen LogP contribution >= 0.6 is 0 Å². The molecule has 10 nitrogen and oxygen atoms in total. The summed E-state index contributed by atoms with van der Waals surface area (Å²) in [5.74, 6) is 1.49. The number of methoxy groups -OCH3 is 1. The van der Waals surface area contributed by atoms with Crippen LogP contribution in [0.1, 0.15) is 10.4 Å². The van der Waals surface area contributed by atoms with Crippen LogP contribution < -0.4 is 15.8 Å². The summed E-state index contributed by atoms with van der Waals surface area (Å²) in [6.07, 6.45) is 1.65. The Morgan fingerprint density at radius 2 is 2.07 bits per heavy atom. The van der Waals surface area contributed by atoms with Gasteiger partial charge in [-0.1, -0.05) is 6.07 Å². The molecular formula is C19H21N7O3. The van der Waals surface area contributed by atoms with E-state index < -0.39 is 0 Å². The Morgan fingerprint density at radius 3 is 2.79 bits per heavy atom.